The van der Waals surface area contributed by atoms with Gasteiger partial charge in [0.2, 0.25) is 0 Å². The average Bonchev–Trinajstić information content (AvgIpc) is 2.75. The predicted octanol–water partition coefficient (Wildman–Crippen LogP) is 5.06. The number of aliphatic carboxylic acids is 1. The quantitative estimate of drug-likeness (QED) is 0.620. The largest absolute Gasteiger partial charge is 0.481 e. The second-order valence-electron chi connectivity index (χ2n) is 8.63. The monoisotopic (exact) mass is 421 g/mol. The molecule has 0 unspecified atom stereocenters. The first-order valence-corrected chi connectivity index (χ1v) is 10.8. The SMILES string of the molecule is CCN(c1ccc(C(C)(C)CC(=O)O)cc1Nc1ccc(C#N)cc1)C1CCOCC1. The van der Waals surface area contributed by atoms with Gasteiger partial charge >= 0.3 is 5.97 Å². The molecule has 0 bridgehead atoms. The summed E-state index contributed by atoms with van der Waals surface area (Å²) in [4.78, 5) is 13.8. The molecular weight excluding hydrogens is 390 g/mol. The Morgan fingerprint density at radius 1 is 1.23 bits per heavy atom. The minimum Gasteiger partial charge on any atom is -0.481 e. The lowest BCUT2D eigenvalue weighted by Crippen LogP contribution is -2.39. The first-order chi connectivity index (χ1) is 14.8. The van der Waals surface area contributed by atoms with E-state index in [4.69, 9.17) is 10.00 Å². The van der Waals surface area contributed by atoms with Gasteiger partial charge in [0.05, 0.1) is 29.4 Å². The number of ether oxygens (including phenoxy) is 1. The zero-order valence-corrected chi connectivity index (χ0v) is 18.5. The molecule has 1 aliphatic heterocycles. The van der Waals surface area contributed by atoms with Crippen LogP contribution in [0.3, 0.4) is 0 Å². The summed E-state index contributed by atoms with van der Waals surface area (Å²) in [5, 5.41) is 21.9. The van der Waals surface area contributed by atoms with Gasteiger partial charge < -0.3 is 20.1 Å². The van der Waals surface area contributed by atoms with Crippen LogP contribution in [-0.2, 0) is 14.9 Å². The van der Waals surface area contributed by atoms with Crippen molar-refractivity contribution < 1.29 is 14.6 Å². The molecule has 2 N–H and O–H groups in total. The van der Waals surface area contributed by atoms with E-state index in [2.05, 4.69) is 35.3 Å². The lowest BCUT2D eigenvalue weighted by atomic mass is 9.81. The normalized spacial score (nSPS) is 14.6. The minimum atomic E-state index is -0.812. The van der Waals surface area contributed by atoms with E-state index in [9.17, 15) is 9.90 Å². The van der Waals surface area contributed by atoms with Gasteiger partial charge in [-0.05, 0) is 61.7 Å². The highest BCUT2D eigenvalue weighted by Crippen LogP contribution is 2.37. The summed E-state index contributed by atoms with van der Waals surface area (Å²) < 4.78 is 5.55. The van der Waals surface area contributed by atoms with Crippen molar-refractivity contribution in [2.75, 3.05) is 30.0 Å². The molecule has 31 heavy (non-hydrogen) atoms. The standard InChI is InChI=1S/C25H31N3O3/c1-4-28(21-11-13-31-14-12-21)23-10-7-19(25(2,3)16-24(29)30)15-22(23)27-20-8-5-18(17-26)6-9-20/h5-10,15,21,27H,4,11-14,16H2,1-3H3,(H,29,30). The fourth-order valence-corrected chi connectivity index (χ4v) is 4.19. The number of benzene rings is 2. The first kappa shape index (κ1) is 22.6. The second-order valence-corrected chi connectivity index (χ2v) is 8.63. The van der Waals surface area contributed by atoms with E-state index in [0.717, 1.165) is 55.2 Å². The molecule has 2 aromatic carbocycles. The van der Waals surface area contributed by atoms with Crippen LogP contribution >= 0.6 is 0 Å². The molecule has 0 radical (unpaired) electrons. The molecule has 0 atom stereocenters. The molecule has 3 rings (SSSR count). The minimum absolute atomic E-state index is 0.0557. The van der Waals surface area contributed by atoms with Gasteiger partial charge in [-0.3, -0.25) is 4.79 Å². The number of hydrogen-bond donors (Lipinski definition) is 2. The van der Waals surface area contributed by atoms with E-state index in [1.807, 2.05) is 32.0 Å². The molecule has 1 saturated heterocycles. The maximum Gasteiger partial charge on any atom is 0.304 e. The fraction of sp³-hybridized carbons (Fsp3) is 0.440. The Balaban J connectivity index is 2.01. The average molecular weight is 422 g/mol. The maximum atomic E-state index is 11.4. The van der Waals surface area contributed by atoms with E-state index < -0.39 is 11.4 Å². The smallest absolute Gasteiger partial charge is 0.304 e. The molecule has 6 nitrogen and oxygen atoms in total. The van der Waals surface area contributed by atoms with Crippen molar-refractivity contribution in [3.8, 4) is 6.07 Å². The number of nitrogens with one attached hydrogen (secondary N) is 1. The van der Waals surface area contributed by atoms with Crippen molar-refractivity contribution in [3.05, 3.63) is 53.6 Å². The topological polar surface area (TPSA) is 85.6 Å². The molecule has 0 amide bonds. The summed E-state index contributed by atoms with van der Waals surface area (Å²) in [7, 11) is 0. The fourth-order valence-electron chi connectivity index (χ4n) is 4.19. The Bertz CT molecular complexity index is 941. The molecule has 1 fully saturated rings. The lowest BCUT2D eigenvalue weighted by Gasteiger charge is -2.37. The highest BCUT2D eigenvalue weighted by molar-refractivity contribution is 5.77. The van der Waals surface area contributed by atoms with Gasteiger partial charge in [-0.15, -0.1) is 0 Å². The van der Waals surface area contributed by atoms with Gasteiger partial charge in [0.15, 0.2) is 0 Å². The predicted molar refractivity (Wildman–Crippen MR) is 123 cm³/mol. The Kier molecular flexibility index (Phi) is 7.19. The zero-order chi connectivity index (χ0) is 22.4. The lowest BCUT2D eigenvalue weighted by molar-refractivity contribution is -0.138. The van der Waals surface area contributed by atoms with E-state index in [1.165, 1.54) is 0 Å². The summed E-state index contributed by atoms with van der Waals surface area (Å²) in [6, 6.07) is 16.1. The molecule has 0 spiro atoms. The third kappa shape index (κ3) is 5.56. The highest BCUT2D eigenvalue weighted by atomic mass is 16.5. The Morgan fingerprint density at radius 2 is 1.90 bits per heavy atom. The summed E-state index contributed by atoms with van der Waals surface area (Å²) >= 11 is 0. The van der Waals surface area contributed by atoms with E-state index in [0.29, 0.717) is 11.6 Å². The molecule has 1 heterocycles. The molecule has 0 aliphatic carbocycles. The van der Waals surface area contributed by atoms with Crippen LogP contribution in [0.5, 0.6) is 0 Å². The number of hydrogen-bond acceptors (Lipinski definition) is 5. The van der Waals surface area contributed by atoms with Crippen LogP contribution in [0.25, 0.3) is 0 Å². The van der Waals surface area contributed by atoms with Gasteiger partial charge in [0.25, 0.3) is 0 Å². The van der Waals surface area contributed by atoms with E-state index >= 15 is 0 Å². The van der Waals surface area contributed by atoms with Crippen LogP contribution < -0.4 is 10.2 Å². The van der Waals surface area contributed by atoms with Crippen molar-refractivity contribution in [2.24, 2.45) is 0 Å². The van der Waals surface area contributed by atoms with Crippen LogP contribution in [0, 0.1) is 11.3 Å². The van der Waals surface area contributed by atoms with Crippen LogP contribution in [0.1, 0.15) is 51.2 Å². The summed E-state index contributed by atoms with van der Waals surface area (Å²) in [6.07, 6.45) is 2.02. The van der Waals surface area contributed by atoms with E-state index in [1.54, 1.807) is 12.1 Å². The van der Waals surface area contributed by atoms with Crippen LogP contribution in [0.2, 0.25) is 0 Å². The van der Waals surface area contributed by atoms with Crippen molar-refractivity contribution in [2.45, 2.75) is 51.5 Å². The second kappa shape index (κ2) is 9.84. The van der Waals surface area contributed by atoms with Gasteiger partial charge in [0, 0.05) is 36.9 Å². The van der Waals surface area contributed by atoms with Crippen molar-refractivity contribution in [1.29, 1.82) is 5.26 Å². The number of carbonyl (C=O) groups is 1. The number of nitriles is 1. The highest BCUT2D eigenvalue weighted by Gasteiger charge is 2.27. The summed E-state index contributed by atoms with van der Waals surface area (Å²) in [5.74, 6) is -0.812. The Hall–Kier alpha value is -3.04. The van der Waals surface area contributed by atoms with Gasteiger partial charge in [-0.2, -0.15) is 5.26 Å². The van der Waals surface area contributed by atoms with Gasteiger partial charge in [-0.25, -0.2) is 0 Å². The third-order valence-corrected chi connectivity index (χ3v) is 5.95. The summed E-state index contributed by atoms with van der Waals surface area (Å²) in [6.45, 7) is 8.47. The molecule has 164 valence electrons. The zero-order valence-electron chi connectivity index (χ0n) is 18.5. The van der Waals surface area contributed by atoms with Crippen molar-refractivity contribution >= 4 is 23.0 Å². The van der Waals surface area contributed by atoms with E-state index in [-0.39, 0.29) is 6.42 Å². The van der Waals surface area contributed by atoms with Crippen LogP contribution in [0.4, 0.5) is 17.1 Å². The number of rotatable bonds is 8. The number of carboxylic acid groups (broad SMARTS) is 1. The Morgan fingerprint density at radius 3 is 2.48 bits per heavy atom. The third-order valence-electron chi connectivity index (χ3n) is 5.95. The molecule has 2 aromatic rings. The first-order valence-electron chi connectivity index (χ1n) is 10.8. The Labute approximate surface area is 184 Å². The number of nitrogens with zero attached hydrogens (tertiary/aromatic N) is 2. The number of carboxylic acids is 1. The van der Waals surface area contributed by atoms with Gasteiger partial charge in [0.1, 0.15) is 0 Å². The van der Waals surface area contributed by atoms with Crippen molar-refractivity contribution in [1.82, 2.24) is 0 Å². The molecule has 0 saturated carbocycles. The summed E-state index contributed by atoms with van der Waals surface area (Å²) in [5.41, 5.74) is 4.00. The molecule has 1 aliphatic rings. The molecule has 0 aromatic heterocycles. The van der Waals surface area contributed by atoms with Crippen molar-refractivity contribution in [3.63, 3.8) is 0 Å². The van der Waals surface area contributed by atoms with Gasteiger partial charge in [-0.1, -0.05) is 19.9 Å². The van der Waals surface area contributed by atoms with Crippen LogP contribution in [0.15, 0.2) is 42.5 Å². The number of anilines is 3. The molecule has 6 heteroatoms. The van der Waals surface area contributed by atoms with Crippen LogP contribution in [-0.4, -0.2) is 36.9 Å². The molecular formula is C25H31N3O3. The maximum absolute atomic E-state index is 11.4.